The number of aromatic nitrogens is 1. The first-order valence-electron chi connectivity index (χ1n) is 6.17. The molecule has 0 aliphatic rings. The summed E-state index contributed by atoms with van der Waals surface area (Å²) in [7, 11) is 0. The summed E-state index contributed by atoms with van der Waals surface area (Å²) in [5.74, 6) is 5.69. The number of hydrazine groups is 1. The van der Waals surface area contributed by atoms with Crippen molar-refractivity contribution in [3.63, 3.8) is 0 Å². The van der Waals surface area contributed by atoms with Crippen molar-refractivity contribution in [2.24, 2.45) is 5.84 Å². The zero-order valence-corrected chi connectivity index (χ0v) is 13.1. The van der Waals surface area contributed by atoms with Crippen molar-refractivity contribution in [2.45, 2.75) is 31.2 Å². The lowest BCUT2D eigenvalue weighted by Gasteiger charge is -2.15. The number of thioether (sulfide) groups is 1. The lowest BCUT2D eigenvalue weighted by Crippen LogP contribution is -2.29. The molecule has 2 aromatic rings. The molecule has 0 aliphatic heterocycles. The first-order valence-corrected chi connectivity index (χ1v) is 8.21. The smallest absolute Gasteiger partial charge is 0.0950 e. The van der Waals surface area contributed by atoms with E-state index in [0.29, 0.717) is 0 Å². The molecule has 0 radical (unpaired) electrons. The van der Waals surface area contributed by atoms with E-state index in [9.17, 15) is 0 Å². The molecule has 2 rings (SSSR count). The predicted molar refractivity (Wildman–Crippen MR) is 83.6 cm³/mol. The van der Waals surface area contributed by atoms with Crippen LogP contribution in [0.25, 0.3) is 0 Å². The number of nitrogens with zero attached hydrogens (tertiary/aromatic N) is 1. The second-order valence-corrected chi connectivity index (χ2v) is 6.61. The van der Waals surface area contributed by atoms with Crippen molar-refractivity contribution in [1.29, 1.82) is 0 Å². The third-order valence-corrected chi connectivity index (χ3v) is 5.01. The van der Waals surface area contributed by atoms with Gasteiger partial charge in [0.15, 0.2) is 0 Å². The molecule has 1 unspecified atom stereocenters. The van der Waals surface area contributed by atoms with Crippen molar-refractivity contribution in [2.75, 3.05) is 6.26 Å². The third kappa shape index (κ3) is 3.57. The van der Waals surface area contributed by atoms with Gasteiger partial charge in [-0.05, 0) is 37.8 Å². The van der Waals surface area contributed by atoms with E-state index in [1.165, 1.54) is 15.3 Å². The number of nitrogens with one attached hydrogen (secondary N) is 1. The quantitative estimate of drug-likeness (QED) is 0.505. The van der Waals surface area contributed by atoms with Crippen LogP contribution < -0.4 is 11.3 Å². The summed E-state index contributed by atoms with van der Waals surface area (Å²) in [6.45, 7) is 4.15. The maximum absolute atomic E-state index is 5.69. The molecule has 3 nitrogen and oxygen atoms in total. The van der Waals surface area contributed by atoms with Gasteiger partial charge < -0.3 is 0 Å². The van der Waals surface area contributed by atoms with E-state index in [-0.39, 0.29) is 6.04 Å². The normalized spacial score (nSPS) is 12.6. The van der Waals surface area contributed by atoms with Crippen molar-refractivity contribution < 1.29 is 0 Å². The molecule has 1 heterocycles. The molecule has 0 bridgehead atoms. The van der Waals surface area contributed by atoms with E-state index >= 15 is 0 Å². The molecule has 0 aliphatic carbocycles. The number of benzene rings is 1. The number of aryl methyl sites for hydroxylation is 2. The molecule has 1 atom stereocenters. The van der Waals surface area contributed by atoms with Gasteiger partial charge in [-0.25, -0.2) is 4.98 Å². The molecule has 1 aromatic carbocycles. The minimum absolute atomic E-state index is 0.112. The van der Waals surface area contributed by atoms with E-state index in [4.69, 9.17) is 5.84 Å². The molecule has 102 valence electrons. The third-order valence-electron chi connectivity index (χ3n) is 3.17. The Balaban J connectivity index is 2.14. The number of nitrogens with two attached hydrogens (primary N) is 1. The lowest BCUT2D eigenvalue weighted by atomic mass is 10.1. The minimum atomic E-state index is 0.112. The van der Waals surface area contributed by atoms with Gasteiger partial charge in [0.2, 0.25) is 0 Å². The Hall–Kier alpha value is -0.880. The molecule has 5 heteroatoms. The van der Waals surface area contributed by atoms with E-state index in [1.807, 2.05) is 6.92 Å². The van der Waals surface area contributed by atoms with Crippen LogP contribution in [0.3, 0.4) is 0 Å². The highest BCUT2D eigenvalue weighted by atomic mass is 32.2. The van der Waals surface area contributed by atoms with Crippen molar-refractivity contribution in [1.82, 2.24) is 10.4 Å². The van der Waals surface area contributed by atoms with Gasteiger partial charge in [-0.15, -0.1) is 23.1 Å². The molecule has 0 amide bonds. The molecule has 0 spiro atoms. The molecular formula is C14H19N3S2. The van der Waals surface area contributed by atoms with Gasteiger partial charge in [-0.1, -0.05) is 12.1 Å². The second-order valence-electron chi connectivity index (χ2n) is 4.45. The first-order chi connectivity index (χ1) is 9.13. The highest BCUT2D eigenvalue weighted by molar-refractivity contribution is 7.98. The number of hydrogen-bond donors (Lipinski definition) is 2. The number of hydrogen-bond acceptors (Lipinski definition) is 5. The summed E-state index contributed by atoms with van der Waals surface area (Å²) >= 11 is 3.49. The zero-order chi connectivity index (χ0) is 13.8. The zero-order valence-electron chi connectivity index (χ0n) is 11.4. The Morgan fingerprint density at radius 3 is 2.47 bits per heavy atom. The Bertz CT molecular complexity index is 515. The molecule has 1 aromatic heterocycles. The fourth-order valence-electron chi connectivity index (χ4n) is 1.91. The second kappa shape index (κ2) is 6.52. The maximum Gasteiger partial charge on any atom is 0.0950 e. The largest absolute Gasteiger partial charge is 0.271 e. The van der Waals surface area contributed by atoms with Crippen LogP contribution >= 0.6 is 23.1 Å². The SMILES string of the molecule is CSc1ccc(C(Cc2nc(C)c(C)s2)NN)cc1. The van der Waals surface area contributed by atoms with Gasteiger partial charge in [0, 0.05) is 16.2 Å². The summed E-state index contributed by atoms with van der Waals surface area (Å²) in [6.07, 6.45) is 2.91. The van der Waals surface area contributed by atoms with Crippen LogP contribution in [0.1, 0.15) is 27.2 Å². The van der Waals surface area contributed by atoms with E-state index < -0.39 is 0 Å². The van der Waals surface area contributed by atoms with Crippen molar-refractivity contribution in [3.8, 4) is 0 Å². The summed E-state index contributed by atoms with van der Waals surface area (Å²) in [5.41, 5.74) is 5.21. The van der Waals surface area contributed by atoms with Crippen LogP contribution in [-0.4, -0.2) is 11.2 Å². The Labute approximate surface area is 122 Å². The van der Waals surface area contributed by atoms with Gasteiger partial charge in [0.25, 0.3) is 0 Å². The van der Waals surface area contributed by atoms with Gasteiger partial charge in [0.05, 0.1) is 16.7 Å². The number of rotatable bonds is 5. The molecule has 0 fully saturated rings. The predicted octanol–water partition coefficient (Wildman–Crippen LogP) is 3.23. The Morgan fingerprint density at radius 2 is 2.00 bits per heavy atom. The van der Waals surface area contributed by atoms with Crippen LogP contribution in [0.5, 0.6) is 0 Å². The average Bonchev–Trinajstić information content (AvgIpc) is 2.75. The minimum Gasteiger partial charge on any atom is -0.271 e. The monoisotopic (exact) mass is 293 g/mol. The molecule has 0 saturated heterocycles. The van der Waals surface area contributed by atoms with Crippen LogP contribution in [-0.2, 0) is 6.42 Å². The van der Waals surface area contributed by atoms with Gasteiger partial charge >= 0.3 is 0 Å². The first kappa shape index (κ1) is 14.5. The summed E-state index contributed by atoms with van der Waals surface area (Å²) in [6, 6.07) is 8.62. The lowest BCUT2D eigenvalue weighted by molar-refractivity contribution is 0.550. The fourth-order valence-corrected chi connectivity index (χ4v) is 3.30. The van der Waals surface area contributed by atoms with E-state index in [0.717, 1.165) is 17.1 Å². The van der Waals surface area contributed by atoms with Crippen molar-refractivity contribution in [3.05, 3.63) is 45.4 Å². The average molecular weight is 293 g/mol. The van der Waals surface area contributed by atoms with E-state index in [2.05, 4.69) is 47.9 Å². The molecule has 3 N–H and O–H groups in total. The van der Waals surface area contributed by atoms with Crippen LogP contribution in [0.4, 0.5) is 0 Å². The summed E-state index contributed by atoms with van der Waals surface area (Å²) in [4.78, 5) is 7.12. The molecule has 0 saturated carbocycles. The highest BCUT2D eigenvalue weighted by Crippen LogP contribution is 2.24. The highest BCUT2D eigenvalue weighted by Gasteiger charge is 2.13. The maximum atomic E-state index is 5.69. The standard InChI is InChI=1S/C14H19N3S2/c1-9-10(2)19-14(16-9)8-13(17-15)11-4-6-12(18-3)7-5-11/h4-7,13,17H,8,15H2,1-3H3. The topological polar surface area (TPSA) is 50.9 Å². The van der Waals surface area contributed by atoms with E-state index in [1.54, 1.807) is 23.1 Å². The van der Waals surface area contributed by atoms with Crippen molar-refractivity contribution >= 4 is 23.1 Å². The Morgan fingerprint density at radius 1 is 1.32 bits per heavy atom. The van der Waals surface area contributed by atoms with Gasteiger partial charge in [0.1, 0.15) is 0 Å². The molecule has 19 heavy (non-hydrogen) atoms. The van der Waals surface area contributed by atoms with Gasteiger partial charge in [-0.2, -0.15) is 0 Å². The number of thiazole rings is 1. The van der Waals surface area contributed by atoms with Crippen LogP contribution in [0.2, 0.25) is 0 Å². The molecular weight excluding hydrogens is 274 g/mol. The van der Waals surface area contributed by atoms with Crippen LogP contribution in [0.15, 0.2) is 29.2 Å². The van der Waals surface area contributed by atoms with Gasteiger partial charge in [-0.3, -0.25) is 11.3 Å². The van der Waals surface area contributed by atoms with Crippen LogP contribution in [0, 0.1) is 13.8 Å². The fraction of sp³-hybridized carbons (Fsp3) is 0.357. The summed E-state index contributed by atoms with van der Waals surface area (Å²) in [5, 5.41) is 1.13. The Kier molecular flexibility index (Phi) is 4.99. The summed E-state index contributed by atoms with van der Waals surface area (Å²) < 4.78 is 0.